The highest BCUT2D eigenvalue weighted by Crippen LogP contribution is 2.21. The average Bonchev–Trinajstić information content (AvgIpc) is 2.09. The zero-order chi connectivity index (χ0) is 11.0. The van der Waals surface area contributed by atoms with Gasteiger partial charge in [0, 0.05) is 4.92 Å². The lowest BCUT2D eigenvalue weighted by Gasteiger charge is -2.15. The molecule has 0 rings (SSSR count). The maximum Gasteiger partial charge on any atom is 0.215 e. The van der Waals surface area contributed by atoms with E-state index < -0.39 is 0 Å². The van der Waals surface area contributed by atoms with Crippen molar-refractivity contribution < 1.29 is 4.92 Å². The number of hydrogen-bond donors (Lipinski definition) is 0. The first-order chi connectivity index (χ1) is 6.57. The van der Waals surface area contributed by atoms with E-state index in [1.165, 1.54) is 19.3 Å². The Morgan fingerprint density at radius 2 is 2.00 bits per heavy atom. The summed E-state index contributed by atoms with van der Waals surface area (Å²) in [6.07, 6.45) is 3.63. The van der Waals surface area contributed by atoms with Crippen LogP contribution in [0.15, 0.2) is 0 Å². The molecule has 0 aromatic rings. The maximum absolute atomic E-state index is 10.4. The summed E-state index contributed by atoms with van der Waals surface area (Å²) in [5.74, 6) is 1.46. The minimum Gasteiger partial charge on any atom is -0.265 e. The molecular weight excluding hydrogens is 198 g/mol. The fraction of sp³-hybridized carbons (Fsp3) is 1.00. The van der Waals surface area contributed by atoms with Gasteiger partial charge in [-0.1, -0.05) is 33.6 Å². The quantitative estimate of drug-likeness (QED) is 0.357. The zero-order valence-corrected chi connectivity index (χ0v) is 10.2. The van der Waals surface area contributed by atoms with Crippen LogP contribution in [0, 0.1) is 16.0 Å². The molecule has 0 saturated heterocycles. The summed E-state index contributed by atoms with van der Waals surface area (Å²) in [4.78, 5) is 10.2. The largest absolute Gasteiger partial charge is 0.265 e. The van der Waals surface area contributed by atoms with Gasteiger partial charge in [-0.05, 0) is 18.1 Å². The molecule has 0 amide bonds. The molecule has 3 nitrogen and oxygen atoms in total. The SMILES string of the molecule is CCCCCSC(C[N+](=O)[O-])C(C)C. The predicted octanol–water partition coefficient (Wildman–Crippen LogP) is 3.21. The molecule has 1 atom stereocenters. The highest BCUT2D eigenvalue weighted by molar-refractivity contribution is 7.99. The van der Waals surface area contributed by atoms with Crippen LogP contribution < -0.4 is 0 Å². The summed E-state index contributed by atoms with van der Waals surface area (Å²) in [5, 5.41) is 10.6. The smallest absolute Gasteiger partial charge is 0.215 e. The average molecular weight is 219 g/mol. The number of unbranched alkanes of at least 4 members (excludes halogenated alkanes) is 2. The van der Waals surface area contributed by atoms with Crippen molar-refractivity contribution in [3.63, 3.8) is 0 Å². The van der Waals surface area contributed by atoms with Crippen LogP contribution in [0.4, 0.5) is 0 Å². The number of nitrogens with zero attached hydrogens (tertiary/aromatic N) is 1. The molecule has 1 unspecified atom stereocenters. The lowest BCUT2D eigenvalue weighted by atomic mass is 10.1. The monoisotopic (exact) mass is 219 g/mol. The topological polar surface area (TPSA) is 43.1 Å². The van der Waals surface area contributed by atoms with Crippen molar-refractivity contribution >= 4 is 11.8 Å². The molecule has 0 fully saturated rings. The Labute approximate surface area is 90.8 Å². The van der Waals surface area contributed by atoms with E-state index in [9.17, 15) is 10.1 Å². The lowest BCUT2D eigenvalue weighted by Crippen LogP contribution is -2.22. The van der Waals surface area contributed by atoms with Crippen molar-refractivity contribution in [3.05, 3.63) is 10.1 Å². The molecule has 0 N–H and O–H groups in total. The number of nitro groups is 1. The Hall–Kier alpha value is -0.250. The van der Waals surface area contributed by atoms with Gasteiger partial charge in [-0.25, -0.2) is 0 Å². The fourth-order valence-electron chi connectivity index (χ4n) is 1.19. The minimum atomic E-state index is -0.197. The van der Waals surface area contributed by atoms with Crippen LogP contribution in [-0.2, 0) is 0 Å². The van der Waals surface area contributed by atoms with Gasteiger partial charge in [-0.2, -0.15) is 11.8 Å². The molecule has 4 heteroatoms. The first kappa shape index (κ1) is 13.8. The predicted molar refractivity (Wildman–Crippen MR) is 62.5 cm³/mol. The second-order valence-corrected chi connectivity index (χ2v) is 5.22. The molecule has 0 aromatic heterocycles. The number of thioether (sulfide) groups is 1. The Kier molecular flexibility index (Phi) is 7.95. The summed E-state index contributed by atoms with van der Waals surface area (Å²) < 4.78 is 0. The summed E-state index contributed by atoms with van der Waals surface area (Å²) >= 11 is 1.76. The van der Waals surface area contributed by atoms with E-state index in [4.69, 9.17) is 0 Å². The van der Waals surface area contributed by atoms with Crippen LogP contribution in [0.25, 0.3) is 0 Å². The van der Waals surface area contributed by atoms with Crippen molar-refractivity contribution in [2.24, 2.45) is 5.92 Å². The van der Waals surface area contributed by atoms with Crippen LogP contribution in [0.1, 0.15) is 40.0 Å². The third kappa shape index (κ3) is 7.18. The van der Waals surface area contributed by atoms with E-state index in [0.29, 0.717) is 5.92 Å². The van der Waals surface area contributed by atoms with Gasteiger partial charge in [-0.15, -0.1) is 0 Å². The van der Waals surface area contributed by atoms with Gasteiger partial charge < -0.3 is 0 Å². The summed E-state index contributed by atoms with van der Waals surface area (Å²) in [6, 6.07) is 0. The summed E-state index contributed by atoms with van der Waals surface area (Å²) in [5.41, 5.74) is 0. The van der Waals surface area contributed by atoms with E-state index in [-0.39, 0.29) is 16.7 Å². The minimum absolute atomic E-state index is 0.106. The normalized spacial score (nSPS) is 13.1. The summed E-state index contributed by atoms with van der Waals surface area (Å²) in [7, 11) is 0. The van der Waals surface area contributed by atoms with E-state index in [0.717, 1.165) is 5.75 Å². The Balaban J connectivity index is 3.68. The van der Waals surface area contributed by atoms with Crippen molar-refractivity contribution in [2.45, 2.75) is 45.3 Å². The van der Waals surface area contributed by atoms with Crippen molar-refractivity contribution in [2.75, 3.05) is 12.3 Å². The Morgan fingerprint density at radius 3 is 2.43 bits per heavy atom. The van der Waals surface area contributed by atoms with Crippen molar-refractivity contribution in [1.29, 1.82) is 0 Å². The zero-order valence-electron chi connectivity index (χ0n) is 9.36. The van der Waals surface area contributed by atoms with Crippen LogP contribution in [0.3, 0.4) is 0 Å². The van der Waals surface area contributed by atoms with Gasteiger partial charge in [0.05, 0.1) is 5.25 Å². The van der Waals surface area contributed by atoms with Crippen molar-refractivity contribution in [1.82, 2.24) is 0 Å². The molecule has 0 aliphatic rings. The van der Waals surface area contributed by atoms with Gasteiger partial charge in [0.15, 0.2) is 0 Å². The molecule has 0 radical (unpaired) electrons. The van der Waals surface area contributed by atoms with E-state index in [2.05, 4.69) is 20.8 Å². The highest BCUT2D eigenvalue weighted by Gasteiger charge is 2.19. The van der Waals surface area contributed by atoms with Gasteiger partial charge in [0.2, 0.25) is 6.54 Å². The standard InChI is InChI=1S/C10H21NO2S/c1-4-5-6-7-14-10(9(2)3)8-11(12)13/h9-10H,4-8H2,1-3H3. The first-order valence-electron chi connectivity index (χ1n) is 5.31. The Morgan fingerprint density at radius 1 is 1.36 bits per heavy atom. The molecule has 84 valence electrons. The van der Waals surface area contributed by atoms with E-state index in [1.807, 2.05) is 0 Å². The third-order valence-electron chi connectivity index (χ3n) is 2.15. The molecular formula is C10H21NO2S. The first-order valence-corrected chi connectivity index (χ1v) is 6.36. The van der Waals surface area contributed by atoms with Crippen LogP contribution in [-0.4, -0.2) is 22.5 Å². The van der Waals surface area contributed by atoms with Gasteiger partial charge >= 0.3 is 0 Å². The van der Waals surface area contributed by atoms with Gasteiger partial charge in [0.25, 0.3) is 0 Å². The van der Waals surface area contributed by atoms with Crippen LogP contribution in [0.2, 0.25) is 0 Å². The molecule has 0 aliphatic carbocycles. The van der Waals surface area contributed by atoms with Crippen LogP contribution >= 0.6 is 11.8 Å². The highest BCUT2D eigenvalue weighted by atomic mass is 32.2. The van der Waals surface area contributed by atoms with Gasteiger partial charge in [0.1, 0.15) is 0 Å². The number of hydrogen-bond acceptors (Lipinski definition) is 3. The maximum atomic E-state index is 10.4. The second kappa shape index (κ2) is 8.09. The van der Waals surface area contributed by atoms with E-state index >= 15 is 0 Å². The molecule has 14 heavy (non-hydrogen) atoms. The molecule has 0 bridgehead atoms. The molecule has 0 saturated carbocycles. The molecule has 0 spiro atoms. The molecule has 0 aromatic carbocycles. The summed E-state index contributed by atoms with van der Waals surface area (Å²) in [6.45, 7) is 6.39. The van der Waals surface area contributed by atoms with E-state index in [1.54, 1.807) is 11.8 Å². The van der Waals surface area contributed by atoms with Crippen LogP contribution in [0.5, 0.6) is 0 Å². The van der Waals surface area contributed by atoms with Crippen molar-refractivity contribution in [3.8, 4) is 0 Å². The molecule has 0 heterocycles. The number of rotatable bonds is 8. The van der Waals surface area contributed by atoms with Gasteiger partial charge in [-0.3, -0.25) is 10.1 Å². The second-order valence-electron chi connectivity index (χ2n) is 3.88. The lowest BCUT2D eigenvalue weighted by molar-refractivity contribution is -0.480. The fourth-order valence-corrected chi connectivity index (χ4v) is 2.48. The molecule has 0 aliphatic heterocycles. The Bertz CT molecular complexity index is 162. The third-order valence-corrected chi connectivity index (χ3v) is 3.80.